The molecule has 0 fully saturated rings. The van der Waals surface area contributed by atoms with Crippen LogP contribution in [-0.4, -0.2) is 19.7 Å². The molecule has 4 aromatic rings. The molecule has 2 N–H and O–H groups in total. The molecular formula is C19H18N6. The molecule has 25 heavy (non-hydrogen) atoms. The zero-order valence-electron chi connectivity index (χ0n) is 14.1. The zero-order valence-corrected chi connectivity index (χ0v) is 14.1. The monoisotopic (exact) mass is 330 g/mol. The average molecular weight is 330 g/mol. The van der Waals surface area contributed by atoms with E-state index in [0.29, 0.717) is 5.95 Å². The number of fused-ring (bicyclic) bond motifs is 1. The predicted molar refractivity (Wildman–Crippen MR) is 100 cm³/mol. The molecule has 2 aromatic carbocycles. The molecule has 6 heteroatoms. The summed E-state index contributed by atoms with van der Waals surface area (Å²) in [6.07, 6.45) is 1.78. The van der Waals surface area contributed by atoms with Gasteiger partial charge in [0.2, 0.25) is 5.95 Å². The van der Waals surface area contributed by atoms with Gasteiger partial charge in [0.05, 0.1) is 11.6 Å². The maximum atomic E-state index is 4.66. The van der Waals surface area contributed by atoms with Crippen molar-refractivity contribution in [1.82, 2.24) is 19.7 Å². The maximum Gasteiger partial charge on any atom is 0.231 e. The SMILES string of the molecule is Cc1ccccc1Nc1nc(Nc2ccccc2)c2cnn(C)c2n1. The fourth-order valence-electron chi connectivity index (χ4n) is 2.67. The molecule has 0 atom stereocenters. The van der Waals surface area contributed by atoms with Gasteiger partial charge in [0.25, 0.3) is 0 Å². The highest BCUT2D eigenvalue weighted by molar-refractivity contribution is 5.89. The summed E-state index contributed by atoms with van der Waals surface area (Å²) in [7, 11) is 1.87. The Balaban J connectivity index is 1.78. The Morgan fingerprint density at radius 3 is 2.44 bits per heavy atom. The van der Waals surface area contributed by atoms with Crippen LogP contribution in [-0.2, 0) is 7.05 Å². The molecule has 124 valence electrons. The predicted octanol–water partition coefficient (Wildman–Crippen LogP) is 4.16. The third-order valence-electron chi connectivity index (χ3n) is 4.02. The van der Waals surface area contributed by atoms with Crippen molar-refractivity contribution in [3.8, 4) is 0 Å². The van der Waals surface area contributed by atoms with Gasteiger partial charge in [-0.3, -0.25) is 4.68 Å². The first kappa shape index (κ1) is 15.1. The molecule has 6 nitrogen and oxygen atoms in total. The van der Waals surface area contributed by atoms with Gasteiger partial charge in [0.1, 0.15) is 5.82 Å². The highest BCUT2D eigenvalue weighted by Crippen LogP contribution is 2.26. The van der Waals surface area contributed by atoms with E-state index in [1.807, 2.05) is 68.6 Å². The minimum atomic E-state index is 0.531. The van der Waals surface area contributed by atoms with Crippen molar-refractivity contribution in [2.45, 2.75) is 6.92 Å². The van der Waals surface area contributed by atoms with Gasteiger partial charge in [-0.15, -0.1) is 0 Å². The van der Waals surface area contributed by atoms with E-state index in [2.05, 4.69) is 25.7 Å². The molecule has 0 saturated heterocycles. The summed E-state index contributed by atoms with van der Waals surface area (Å²) in [6, 6.07) is 18.0. The Hall–Kier alpha value is -3.41. The van der Waals surface area contributed by atoms with Crippen LogP contribution in [0.25, 0.3) is 11.0 Å². The van der Waals surface area contributed by atoms with Gasteiger partial charge in [0.15, 0.2) is 5.65 Å². The third kappa shape index (κ3) is 3.01. The van der Waals surface area contributed by atoms with E-state index >= 15 is 0 Å². The van der Waals surface area contributed by atoms with E-state index < -0.39 is 0 Å². The van der Waals surface area contributed by atoms with Gasteiger partial charge in [-0.05, 0) is 30.7 Å². The number of nitrogens with one attached hydrogen (secondary N) is 2. The van der Waals surface area contributed by atoms with E-state index in [4.69, 9.17) is 0 Å². The molecule has 0 unspecified atom stereocenters. The summed E-state index contributed by atoms with van der Waals surface area (Å²) in [6.45, 7) is 2.05. The van der Waals surface area contributed by atoms with Crippen molar-refractivity contribution in [3.05, 3.63) is 66.4 Å². The number of aryl methyl sites for hydroxylation is 2. The van der Waals surface area contributed by atoms with Crippen LogP contribution < -0.4 is 10.6 Å². The minimum absolute atomic E-state index is 0.531. The second-order valence-corrected chi connectivity index (χ2v) is 5.83. The normalized spacial score (nSPS) is 10.8. The van der Waals surface area contributed by atoms with Crippen LogP contribution in [0.4, 0.5) is 23.1 Å². The summed E-state index contributed by atoms with van der Waals surface area (Å²) in [5.41, 5.74) is 3.85. The lowest BCUT2D eigenvalue weighted by molar-refractivity contribution is 0.786. The molecule has 4 rings (SSSR count). The van der Waals surface area contributed by atoms with Crippen LogP contribution in [0.1, 0.15) is 5.56 Å². The first-order valence-electron chi connectivity index (χ1n) is 8.05. The summed E-state index contributed by atoms with van der Waals surface area (Å²) < 4.78 is 1.75. The summed E-state index contributed by atoms with van der Waals surface area (Å²) in [4.78, 5) is 9.27. The van der Waals surface area contributed by atoms with Gasteiger partial charge in [0, 0.05) is 18.4 Å². The lowest BCUT2D eigenvalue weighted by atomic mass is 10.2. The highest BCUT2D eigenvalue weighted by Gasteiger charge is 2.12. The first-order chi connectivity index (χ1) is 12.2. The second kappa shape index (κ2) is 6.24. The quantitative estimate of drug-likeness (QED) is 0.588. The fraction of sp³-hybridized carbons (Fsp3) is 0.105. The standard InChI is InChI=1S/C19H18N6/c1-13-8-6-7-11-16(13)22-19-23-17(21-14-9-4-3-5-10-14)15-12-20-25(2)18(15)24-19/h3-12H,1-2H3,(H2,21,22,23,24). The number of rotatable bonds is 4. The number of nitrogens with zero attached hydrogens (tertiary/aromatic N) is 4. The molecule has 0 aliphatic rings. The van der Waals surface area contributed by atoms with Crippen molar-refractivity contribution in [1.29, 1.82) is 0 Å². The number of hydrogen-bond donors (Lipinski definition) is 2. The third-order valence-corrected chi connectivity index (χ3v) is 4.02. The summed E-state index contributed by atoms with van der Waals surface area (Å²) in [5.74, 6) is 1.25. The summed E-state index contributed by atoms with van der Waals surface area (Å²) >= 11 is 0. The number of anilines is 4. The van der Waals surface area contributed by atoms with Crippen LogP contribution in [0.2, 0.25) is 0 Å². The van der Waals surface area contributed by atoms with Gasteiger partial charge in [-0.2, -0.15) is 15.1 Å². The topological polar surface area (TPSA) is 67.7 Å². The first-order valence-corrected chi connectivity index (χ1v) is 8.05. The van der Waals surface area contributed by atoms with Gasteiger partial charge in [-0.1, -0.05) is 36.4 Å². The van der Waals surface area contributed by atoms with Crippen molar-refractivity contribution in [3.63, 3.8) is 0 Å². The second-order valence-electron chi connectivity index (χ2n) is 5.83. The van der Waals surface area contributed by atoms with E-state index in [1.54, 1.807) is 10.9 Å². The van der Waals surface area contributed by atoms with Crippen molar-refractivity contribution < 1.29 is 0 Å². The fourth-order valence-corrected chi connectivity index (χ4v) is 2.67. The zero-order chi connectivity index (χ0) is 17.2. The summed E-state index contributed by atoms with van der Waals surface area (Å²) in [5, 5.41) is 11.8. The lowest BCUT2D eigenvalue weighted by Crippen LogP contribution is -2.04. The van der Waals surface area contributed by atoms with Crippen LogP contribution in [0.15, 0.2) is 60.8 Å². The van der Waals surface area contributed by atoms with Gasteiger partial charge in [-0.25, -0.2) is 0 Å². The lowest BCUT2D eigenvalue weighted by Gasteiger charge is -2.11. The van der Waals surface area contributed by atoms with Crippen LogP contribution in [0.3, 0.4) is 0 Å². The van der Waals surface area contributed by atoms with E-state index in [-0.39, 0.29) is 0 Å². The Labute approximate surface area is 145 Å². The minimum Gasteiger partial charge on any atom is -0.339 e. The van der Waals surface area contributed by atoms with E-state index in [0.717, 1.165) is 33.8 Å². The molecular weight excluding hydrogens is 312 g/mol. The number of aromatic nitrogens is 4. The van der Waals surface area contributed by atoms with Crippen molar-refractivity contribution in [2.24, 2.45) is 7.05 Å². The molecule has 2 heterocycles. The van der Waals surface area contributed by atoms with Gasteiger partial charge < -0.3 is 10.6 Å². The molecule has 0 bridgehead atoms. The Bertz CT molecular complexity index is 1020. The molecule has 0 amide bonds. The molecule has 2 aromatic heterocycles. The van der Waals surface area contributed by atoms with Crippen LogP contribution in [0, 0.1) is 6.92 Å². The number of benzene rings is 2. The molecule has 0 saturated carbocycles. The highest BCUT2D eigenvalue weighted by atomic mass is 15.3. The Morgan fingerprint density at radius 1 is 0.880 bits per heavy atom. The Kier molecular flexibility index (Phi) is 3.78. The van der Waals surface area contributed by atoms with Gasteiger partial charge >= 0.3 is 0 Å². The van der Waals surface area contributed by atoms with Crippen molar-refractivity contribution in [2.75, 3.05) is 10.6 Å². The van der Waals surface area contributed by atoms with Crippen LogP contribution >= 0.6 is 0 Å². The Morgan fingerprint density at radius 2 is 1.64 bits per heavy atom. The van der Waals surface area contributed by atoms with Crippen molar-refractivity contribution >= 4 is 34.2 Å². The molecule has 0 aliphatic heterocycles. The molecule has 0 radical (unpaired) electrons. The maximum absolute atomic E-state index is 4.66. The number of hydrogen-bond acceptors (Lipinski definition) is 5. The molecule has 0 spiro atoms. The molecule has 0 aliphatic carbocycles. The largest absolute Gasteiger partial charge is 0.339 e. The smallest absolute Gasteiger partial charge is 0.231 e. The van der Waals surface area contributed by atoms with E-state index in [9.17, 15) is 0 Å². The van der Waals surface area contributed by atoms with E-state index in [1.165, 1.54) is 0 Å². The average Bonchev–Trinajstić information content (AvgIpc) is 2.99. The number of para-hydroxylation sites is 2. The van der Waals surface area contributed by atoms with Crippen LogP contribution in [0.5, 0.6) is 0 Å².